The summed E-state index contributed by atoms with van der Waals surface area (Å²) in [5.74, 6) is 0.431. The number of guanidine groups is 1. The molecule has 0 unspecified atom stereocenters. The topological polar surface area (TPSA) is 88.7 Å². The Hall–Kier alpha value is -0.570. The van der Waals surface area contributed by atoms with Crippen LogP contribution >= 0.6 is 24.0 Å². The van der Waals surface area contributed by atoms with Crippen LogP contribution in [-0.2, 0) is 9.53 Å². The highest BCUT2D eigenvalue weighted by Gasteiger charge is 2.33. The van der Waals surface area contributed by atoms with E-state index in [9.17, 15) is 4.79 Å². The van der Waals surface area contributed by atoms with Gasteiger partial charge in [0.25, 0.3) is 0 Å². The molecule has 0 spiro atoms. The first-order valence-electron chi connectivity index (χ1n) is 9.25. The summed E-state index contributed by atoms with van der Waals surface area (Å²) < 4.78 is 5.57. The second-order valence-corrected chi connectivity index (χ2v) is 7.45. The van der Waals surface area contributed by atoms with Crippen LogP contribution < -0.4 is 16.4 Å². The van der Waals surface area contributed by atoms with Crippen molar-refractivity contribution in [1.82, 2.24) is 10.6 Å². The second-order valence-electron chi connectivity index (χ2n) is 7.45. The number of carbonyl (C=O) groups is 1. The minimum Gasteiger partial charge on any atom is -0.382 e. The molecule has 0 aliphatic heterocycles. The number of rotatable bonds is 10. The molecule has 7 heteroatoms. The summed E-state index contributed by atoms with van der Waals surface area (Å²) >= 11 is 0. The minimum atomic E-state index is -0.637. The van der Waals surface area contributed by atoms with Gasteiger partial charge in [-0.25, -0.2) is 0 Å². The van der Waals surface area contributed by atoms with E-state index in [1.54, 1.807) is 0 Å². The lowest BCUT2D eigenvalue weighted by Gasteiger charge is -2.30. The maximum Gasteiger partial charge on any atom is 0.224 e. The molecule has 0 aromatic carbocycles. The first kappa shape index (κ1) is 24.4. The normalized spacial score (nSPS) is 17.0. The molecule has 1 aliphatic rings. The van der Waals surface area contributed by atoms with Crippen LogP contribution in [0.25, 0.3) is 0 Å². The van der Waals surface area contributed by atoms with E-state index in [-0.39, 0.29) is 29.9 Å². The molecular formula is C18H37IN4O2. The molecule has 1 saturated carbocycles. The maximum atomic E-state index is 11.5. The van der Waals surface area contributed by atoms with E-state index < -0.39 is 5.41 Å². The van der Waals surface area contributed by atoms with E-state index >= 15 is 0 Å². The number of carbonyl (C=O) groups excluding carboxylic acids is 1. The van der Waals surface area contributed by atoms with Crippen molar-refractivity contribution in [2.24, 2.45) is 21.6 Å². The number of amides is 1. The lowest BCUT2D eigenvalue weighted by Crippen LogP contribution is -2.44. The van der Waals surface area contributed by atoms with Crippen LogP contribution in [-0.4, -0.2) is 44.7 Å². The highest BCUT2D eigenvalue weighted by molar-refractivity contribution is 14.0. The van der Waals surface area contributed by atoms with Crippen LogP contribution in [0.3, 0.4) is 0 Å². The van der Waals surface area contributed by atoms with Crippen LogP contribution in [0.4, 0.5) is 0 Å². The summed E-state index contributed by atoms with van der Waals surface area (Å²) in [5, 5.41) is 6.73. The number of nitrogens with two attached hydrogens (primary N) is 1. The summed E-state index contributed by atoms with van der Waals surface area (Å²) in [4.78, 5) is 16.0. The zero-order chi connectivity index (χ0) is 18.1. The SMILES string of the molecule is CCNC(=NCC(C)(C)C(N)=O)NCC1(CCOCC)CCCC1.I. The molecular weight excluding hydrogens is 431 g/mol. The molecule has 0 atom stereocenters. The van der Waals surface area contributed by atoms with E-state index in [1.165, 1.54) is 25.7 Å². The number of hydrogen-bond acceptors (Lipinski definition) is 3. The molecule has 0 radical (unpaired) electrons. The van der Waals surface area contributed by atoms with Gasteiger partial charge in [0, 0.05) is 26.3 Å². The molecule has 1 rings (SSSR count). The fraction of sp³-hybridized carbons (Fsp3) is 0.889. The summed E-state index contributed by atoms with van der Waals surface area (Å²) in [6.45, 7) is 11.4. The lowest BCUT2D eigenvalue weighted by atomic mass is 9.83. The van der Waals surface area contributed by atoms with Gasteiger partial charge in [0.15, 0.2) is 5.96 Å². The number of nitrogens with zero attached hydrogens (tertiary/aromatic N) is 1. The van der Waals surface area contributed by atoms with E-state index in [0.29, 0.717) is 12.0 Å². The molecule has 6 nitrogen and oxygen atoms in total. The van der Waals surface area contributed by atoms with Crippen molar-refractivity contribution in [3.63, 3.8) is 0 Å². The van der Waals surface area contributed by atoms with Crippen molar-refractivity contribution in [2.45, 2.75) is 59.8 Å². The van der Waals surface area contributed by atoms with Gasteiger partial charge in [-0.15, -0.1) is 24.0 Å². The highest BCUT2D eigenvalue weighted by atomic mass is 127. The van der Waals surface area contributed by atoms with Gasteiger partial charge in [-0.3, -0.25) is 9.79 Å². The van der Waals surface area contributed by atoms with Gasteiger partial charge >= 0.3 is 0 Å². The van der Waals surface area contributed by atoms with Gasteiger partial charge in [-0.05, 0) is 52.4 Å². The second kappa shape index (κ2) is 11.9. The Labute approximate surface area is 170 Å². The predicted octanol–water partition coefficient (Wildman–Crippen LogP) is 2.66. The van der Waals surface area contributed by atoms with Crippen molar-refractivity contribution in [1.29, 1.82) is 0 Å². The summed E-state index contributed by atoms with van der Waals surface area (Å²) in [7, 11) is 0. The van der Waals surface area contributed by atoms with Crippen LogP contribution in [0.1, 0.15) is 59.8 Å². The van der Waals surface area contributed by atoms with Crippen LogP contribution in [0.2, 0.25) is 0 Å². The molecule has 0 bridgehead atoms. The summed E-state index contributed by atoms with van der Waals surface area (Å²) in [6.07, 6.45) is 6.13. The number of halogens is 1. The molecule has 25 heavy (non-hydrogen) atoms. The van der Waals surface area contributed by atoms with Gasteiger partial charge < -0.3 is 21.1 Å². The summed E-state index contributed by atoms with van der Waals surface area (Å²) in [5.41, 5.74) is 5.09. The Morgan fingerprint density at radius 3 is 2.40 bits per heavy atom. The Bertz CT molecular complexity index is 421. The average Bonchev–Trinajstić information content (AvgIpc) is 2.99. The van der Waals surface area contributed by atoms with E-state index in [2.05, 4.69) is 15.6 Å². The van der Waals surface area contributed by atoms with E-state index in [1.807, 2.05) is 27.7 Å². The van der Waals surface area contributed by atoms with E-state index in [4.69, 9.17) is 10.5 Å². The number of hydrogen-bond donors (Lipinski definition) is 3. The zero-order valence-electron chi connectivity index (χ0n) is 16.3. The fourth-order valence-corrected chi connectivity index (χ4v) is 3.04. The third-order valence-electron chi connectivity index (χ3n) is 4.92. The molecule has 1 fully saturated rings. The molecule has 0 aromatic heterocycles. The molecule has 1 aliphatic carbocycles. The third-order valence-corrected chi connectivity index (χ3v) is 4.92. The van der Waals surface area contributed by atoms with Gasteiger partial charge in [0.1, 0.15) is 0 Å². The standard InChI is InChI=1S/C18H36N4O2.HI/c1-5-20-16(21-13-17(3,4)15(19)23)22-14-18(9-7-8-10-18)11-12-24-6-2;/h5-14H2,1-4H3,(H2,19,23)(H2,20,21,22);1H. The van der Waals surface area contributed by atoms with Crippen LogP contribution in [0.15, 0.2) is 4.99 Å². The van der Waals surface area contributed by atoms with Gasteiger partial charge in [-0.1, -0.05) is 12.8 Å². The van der Waals surface area contributed by atoms with Gasteiger partial charge in [0.05, 0.1) is 12.0 Å². The Morgan fingerprint density at radius 2 is 1.88 bits per heavy atom. The number of primary amides is 1. The minimum absolute atomic E-state index is 0. The number of ether oxygens (including phenoxy) is 1. The fourth-order valence-electron chi connectivity index (χ4n) is 3.04. The average molecular weight is 468 g/mol. The molecule has 4 N–H and O–H groups in total. The number of aliphatic imine (C=N–C) groups is 1. The molecule has 0 saturated heterocycles. The Balaban J connectivity index is 0.00000576. The van der Waals surface area contributed by atoms with Crippen molar-refractivity contribution in [2.75, 3.05) is 32.8 Å². The third kappa shape index (κ3) is 8.57. The van der Waals surface area contributed by atoms with Crippen molar-refractivity contribution in [3.05, 3.63) is 0 Å². The molecule has 0 heterocycles. The van der Waals surface area contributed by atoms with Crippen molar-refractivity contribution in [3.8, 4) is 0 Å². The van der Waals surface area contributed by atoms with E-state index in [0.717, 1.165) is 38.7 Å². The maximum absolute atomic E-state index is 11.5. The monoisotopic (exact) mass is 468 g/mol. The highest BCUT2D eigenvalue weighted by Crippen LogP contribution is 2.40. The van der Waals surface area contributed by atoms with Crippen molar-refractivity contribution >= 4 is 35.8 Å². The Morgan fingerprint density at radius 1 is 1.24 bits per heavy atom. The smallest absolute Gasteiger partial charge is 0.224 e. The Kier molecular flexibility index (Phi) is 11.7. The lowest BCUT2D eigenvalue weighted by molar-refractivity contribution is -0.125. The predicted molar refractivity (Wildman–Crippen MR) is 114 cm³/mol. The zero-order valence-corrected chi connectivity index (χ0v) is 18.7. The molecule has 148 valence electrons. The quantitative estimate of drug-likeness (QED) is 0.199. The van der Waals surface area contributed by atoms with Gasteiger partial charge in [0.2, 0.25) is 5.91 Å². The largest absolute Gasteiger partial charge is 0.382 e. The van der Waals surface area contributed by atoms with Crippen LogP contribution in [0, 0.1) is 10.8 Å². The van der Waals surface area contributed by atoms with Gasteiger partial charge in [-0.2, -0.15) is 0 Å². The molecule has 1 amide bonds. The van der Waals surface area contributed by atoms with Crippen LogP contribution in [0.5, 0.6) is 0 Å². The summed E-state index contributed by atoms with van der Waals surface area (Å²) in [6, 6.07) is 0. The van der Waals surface area contributed by atoms with Crippen molar-refractivity contribution < 1.29 is 9.53 Å². The first-order chi connectivity index (χ1) is 11.4. The molecule has 0 aromatic rings. The number of nitrogens with one attached hydrogen (secondary N) is 2. The first-order valence-corrected chi connectivity index (χ1v) is 9.25.